The van der Waals surface area contributed by atoms with Crippen molar-refractivity contribution in [2.24, 2.45) is 0 Å². The number of ether oxygens (including phenoxy) is 2. The standard InChI is InChI=1S/C17H27N5O3/c1-24-16-11-15(18-13-19-16)20-14-3-6-21(7-4-14)8-9-22-5-2-10-25-12-17(22)23/h11,13-14H,2-10,12H2,1H3,(H,18,19,20). The molecule has 1 N–H and O–H groups in total. The summed E-state index contributed by atoms with van der Waals surface area (Å²) in [6.07, 6.45) is 4.56. The van der Waals surface area contributed by atoms with Crippen molar-refractivity contribution in [3.63, 3.8) is 0 Å². The van der Waals surface area contributed by atoms with Gasteiger partial charge in [0.05, 0.1) is 7.11 Å². The first-order valence-electron chi connectivity index (χ1n) is 8.95. The van der Waals surface area contributed by atoms with Crippen molar-refractivity contribution < 1.29 is 14.3 Å². The van der Waals surface area contributed by atoms with Crippen molar-refractivity contribution in [1.82, 2.24) is 19.8 Å². The van der Waals surface area contributed by atoms with Crippen LogP contribution in [0.15, 0.2) is 12.4 Å². The minimum Gasteiger partial charge on any atom is -0.481 e. The highest BCUT2D eigenvalue weighted by Gasteiger charge is 2.22. The number of amides is 1. The van der Waals surface area contributed by atoms with Crippen molar-refractivity contribution in [2.45, 2.75) is 25.3 Å². The first-order chi connectivity index (χ1) is 12.2. The van der Waals surface area contributed by atoms with Crippen molar-refractivity contribution >= 4 is 11.7 Å². The van der Waals surface area contributed by atoms with Crippen LogP contribution in [-0.4, -0.2) is 84.8 Å². The van der Waals surface area contributed by atoms with E-state index in [2.05, 4.69) is 20.2 Å². The van der Waals surface area contributed by atoms with E-state index in [4.69, 9.17) is 9.47 Å². The summed E-state index contributed by atoms with van der Waals surface area (Å²) < 4.78 is 10.4. The van der Waals surface area contributed by atoms with Crippen LogP contribution in [0.3, 0.4) is 0 Å². The van der Waals surface area contributed by atoms with Crippen molar-refractivity contribution in [1.29, 1.82) is 0 Å². The second-order valence-electron chi connectivity index (χ2n) is 6.49. The average molecular weight is 349 g/mol. The lowest BCUT2D eigenvalue weighted by atomic mass is 10.1. The van der Waals surface area contributed by atoms with Crippen molar-refractivity contribution in [3.05, 3.63) is 12.4 Å². The molecular weight excluding hydrogens is 322 g/mol. The zero-order chi connectivity index (χ0) is 17.5. The number of anilines is 1. The number of likely N-dealkylation sites (tertiary alicyclic amines) is 1. The van der Waals surface area contributed by atoms with Gasteiger partial charge in [-0.05, 0) is 19.3 Å². The zero-order valence-electron chi connectivity index (χ0n) is 14.8. The molecule has 0 bridgehead atoms. The first kappa shape index (κ1) is 17.9. The molecule has 8 nitrogen and oxygen atoms in total. The molecule has 2 saturated heterocycles. The maximum Gasteiger partial charge on any atom is 0.248 e. The number of nitrogens with zero attached hydrogens (tertiary/aromatic N) is 4. The molecule has 1 aromatic rings. The molecule has 0 saturated carbocycles. The monoisotopic (exact) mass is 349 g/mol. The zero-order valence-corrected chi connectivity index (χ0v) is 14.8. The molecule has 3 heterocycles. The Hall–Kier alpha value is -1.93. The molecular formula is C17H27N5O3. The van der Waals surface area contributed by atoms with E-state index in [9.17, 15) is 4.79 Å². The van der Waals surface area contributed by atoms with Gasteiger partial charge in [-0.3, -0.25) is 4.79 Å². The predicted octanol–water partition coefficient (Wildman–Crippen LogP) is 0.610. The minimum absolute atomic E-state index is 0.117. The highest BCUT2D eigenvalue weighted by molar-refractivity contribution is 5.77. The summed E-state index contributed by atoms with van der Waals surface area (Å²) >= 11 is 0. The van der Waals surface area contributed by atoms with E-state index in [0.717, 1.165) is 57.8 Å². The van der Waals surface area contributed by atoms with E-state index in [0.29, 0.717) is 18.5 Å². The second-order valence-corrected chi connectivity index (χ2v) is 6.49. The number of hydrogen-bond acceptors (Lipinski definition) is 7. The Bertz CT molecular complexity index is 563. The van der Waals surface area contributed by atoms with Gasteiger partial charge in [0.25, 0.3) is 0 Å². The van der Waals surface area contributed by atoms with E-state index in [-0.39, 0.29) is 12.5 Å². The molecule has 0 atom stereocenters. The van der Waals surface area contributed by atoms with E-state index in [1.165, 1.54) is 6.33 Å². The van der Waals surface area contributed by atoms with Crippen LogP contribution >= 0.6 is 0 Å². The molecule has 0 aromatic carbocycles. The number of aromatic nitrogens is 2. The number of nitrogens with one attached hydrogen (secondary N) is 1. The Morgan fingerprint density at radius 2 is 2.12 bits per heavy atom. The molecule has 138 valence electrons. The molecule has 0 unspecified atom stereocenters. The normalized spacial score (nSPS) is 20.4. The number of carbonyl (C=O) groups excluding carboxylic acids is 1. The van der Waals surface area contributed by atoms with Gasteiger partial charge in [0.1, 0.15) is 18.8 Å². The Balaban J connectivity index is 1.40. The lowest BCUT2D eigenvalue weighted by Gasteiger charge is -2.33. The van der Waals surface area contributed by atoms with Gasteiger partial charge in [-0.2, -0.15) is 0 Å². The average Bonchev–Trinajstić information content (AvgIpc) is 2.85. The summed E-state index contributed by atoms with van der Waals surface area (Å²) in [4.78, 5) is 24.6. The first-order valence-corrected chi connectivity index (χ1v) is 8.95. The number of piperidine rings is 1. The molecule has 1 amide bonds. The molecule has 0 spiro atoms. The highest BCUT2D eigenvalue weighted by Crippen LogP contribution is 2.17. The number of methoxy groups -OCH3 is 1. The van der Waals surface area contributed by atoms with Crippen LogP contribution in [0.4, 0.5) is 5.82 Å². The van der Waals surface area contributed by atoms with Gasteiger partial charge in [0.15, 0.2) is 0 Å². The molecule has 0 aliphatic carbocycles. The van der Waals surface area contributed by atoms with Crippen LogP contribution < -0.4 is 10.1 Å². The van der Waals surface area contributed by atoms with Crippen LogP contribution in [0, 0.1) is 0 Å². The highest BCUT2D eigenvalue weighted by atomic mass is 16.5. The van der Waals surface area contributed by atoms with Gasteiger partial charge in [0.2, 0.25) is 11.8 Å². The van der Waals surface area contributed by atoms with Crippen molar-refractivity contribution in [2.75, 3.05) is 58.4 Å². The lowest BCUT2D eigenvalue weighted by molar-refractivity contribution is -0.134. The van der Waals surface area contributed by atoms with Crippen LogP contribution in [0.25, 0.3) is 0 Å². The van der Waals surface area contributed by atoms with Crippen LogP contribution in [0.1, 0.15) is 19.3 Å². The third kappa shape index (κ3) is 5.27. The third-order valence-electron chi connectivity index (χ3n) is 4.77. The van der Waals surface area contributed by atoms with Gasteiger partial charge in [-0.25, -0.2) is 9.97 Å². The fraction of sp³-hybridized carbons (Fsp3) is 0.706. The Labute approximate surface area is 148 Å². The quantitative estimate of drug-likeness (QED) is 0.806. The van der Waals surface area contributed by atoms with E-state index >= 15 is 0 Å². The predicted molar refractivity (Wildman–Crippen MR) is 93.7 cm³/mol. The molecule has 25 heavy (non-hydrogen) atoms. The maximum absolute atomic E-state index is 11.9. The molecule has 2 fully saturated rings. The van der Waals surface area contributed by atoms with E-state index in [1.54, 1.807) is 7.11 Å². The number of hydrogen-bond donors (Lipinski definition) is 1. The molecule has 0 radical (unpaired) electrons. The van der Waals surface area contributed by atoms with E-state index in [1.807, 2.05) is 11.0 Å². The molecule has 2 aliphatic heterocycles. The van der Waals surface area contributed by atoms with E-state index < -0.39 is 0 Å². The summed E-state index contributed by atoms with van der Waals surface area (Å²) in [6.45, 7) is 5.51. The SMILES string of the molecule is COc1cc(NC2CCN(CCN3CCCOCC3=O)CC2)ncn1. The Morgan fingerprint density at radius 3 is 2.92 bits per heavy atom. The van der Waals surface area contributed by atoms with Gasteiger partial charge in [0, 0.05) is 51.4 Å². The second kappa shape index (κ2) is 8.96. The smallest absolute Gasteiger partial charge is 0.248 e. The number of rotatable bonds is 6. The summed E-state index contributed by atoms with van der Waals surface area (Å²) in [5.41, 5.74) is 0. The molecule has 1 aromatic heterocycles. The van der Waals surface area contributed by atoms with Gasteiger partial charge < -0.3 is 24.6 Å². The maximum atomic E-state index is 11.9. The number of carbonyl (C=O) groups is 1. The van der Waals surface area contributed by atoms with Crippen molar-refractivity contribution in [3.8, 4) is 5.88 Å². The third-order valence-corrected chi connectivity index (χ3v) is 4.77. The van der Waals surface area contributed by atoms with Crippen LogP contribution in [0.5, 0.6) is 5.88 Å². The molecule has 3 rings (SSSR count). The largest absolute Gasteiger partial charge is 0.481 e. The summed E-state index contributed by atoms with van der Waals surface area (Å²) in [6, 6.07) is 2.23. The van der Waals surface area contributed by atoms with Gasteiger partial charge in [-0.1, -0.05) is 0 Å². The fourth-order valence-corrected chi connectivity index (χ4v) is 3.27. The van der Waals surface area contributed by atoms with Gasteiger partial charge >= 0.3 is 0 Å². The summed E-state index contributed by atoms with van der Waals surface area (Å²) in [7, 11) is 1.60. The fourth-order valence-electron chi connectivity index (χ4n) is 3.27. The topological polar surface area (TPSA) is 79.8 Å². The lowest BCUT2D eigenvalue weighted by Crippen LogP contribution is -2.44. The van der Waals surface area contributed by atoms with Crippen LogP contribution in [0.2, 0.25) is 0 Å². The Kier molecular flexibility index (Phi) is 6.41. The Morgan fingerprint density at radius 1 is 1.28 bits per heavy atom. The summed E-state index contributed by atoms with van der Waals surface area (Å²) in [5.74, 6) is 1.49. The van der Waals surface area contributed by atoms with Crippen LogP contribution in [-0.2, 0) is 9.53 Å². The molecule has 8 heteroatoms. The molecule has 2 aliphatic rings. The minimum atomic E-state index is 0.117. The summed E-state index contributed by atoms with van der Waals surface area (Å²) in [5, 5.41) is 3.46. The van der Waals surface area contributed by atoms with Gasteiger partial charge in [-0.15, -0.1) is 0 Å².